The highest BCUT2D eigenvalue weighted by atomic mass is 16.3. The molecule has 15 heavy (non-hydrogen) atoms. The van der Waals surface area contributed by atoms with E-state index in [1.54, 1.807) is 0 Å². The van der Waals surface area contributed by atoms with Crippen molar-refractivity contribution >= 4 is 5.91 Å². The molecule has 0 spiro atoms. The van der Waals surface area contributed by atoms with E-state index in [0.29, 0.717) is 19.0 Å². The molecule has 4 N–H and O–H groups in total. The van der Waals surface area contributed by atoms with Crippen LogP contribution in [0.1, 0.15) is 32.6 Å². The van der Waals surface area contributed by atoms with Crippen molar-refractivity contribution in [3.63, 3.8) is 0 Å². The van der Waals surface area contributed by atoms with Crippen LogP contribution in [-0.2, 0) is 4.79 Å². The van der Waals surface area contributed by atoms with Gasteiger partial charge in [0.05, 0.1) is 6.10 Å². The highest BCUT2D eigenvalue weighted by Gasteiger charge is 2.23. The Morgan fingerprint density at radius 1 is 1.60 bits per heavy atom. The second-order valence-electron chi connectivity index (χ2n) is 4.42. The zero-order valence-electron chi connectivity index (χ0n) is 9.41. The van der Waals surface area contributed by atoms with Gasteiger partial charge in [-0.05, 0) is 31.6 Å². The van der Waals surface area contributed by atoms with E-state index in [1.165, 1.54) is 0 Å². The van der Waals surface area contributed by atoms with Gasteiger partial charge in [0.2, 0.25) is 5.91 Å². The smallest absolute Gasteiger partial charge is 0.224 e. The van der Waals surface area contributed by atoms with Gasteiger partial charge < -0.3 is 16.2 Å². The third-order valence-corrected chi connectivity index (χ3v) is 3.23. The fraction of sp³-hybridized carbons (Fsp3) is 0.909. The molecule has 3 atom stereocenters. The van der Waals surface area contributed by atoms with E-state index in [4.69, 9.17) is 5.73 Å². The van der Waals surface area contributed by atoms with Crippen LogP contribution in [-0.4, -0.2) is 30.2 Å². The summed E-state index contributed by atoms with van der Waals surface area (Å²) in [5, 5.41) is 12.3. The Bertz CT molecular complexity index is 205. The molecule has 1 amide bonds. The first-order chi connectivity index (χ1) is 7.17. The highest BCUT2D eigenvalue weighted by molar-refractivity contribution is 5.78. The van der Waals surface area contributed by atoms with Crippen LogP contribution in [0, 0.1) is 11.8 Å². The summed E-state index contributed by atoms with van der Waals surface area (Å²) in [5.41, 5.74) is 5.49. The molecule has 1 saturated carbocycles. The van der Waals surface area contributed by atoms with Gasteiger partial charge in [-0.25, -0.2) is 0 Å². The average Bonchev–Trinajstić information content (AvgIpc) is 2.63. The van der Waals surface area contributed by atoms with Gasteiger partial charge in [-0.1, -0.05) is 6.92 Å². The van der Waals surface area contributed by atoms with Crippen LogP contribution in [0.2, 0.25) is 0 Å². The first-order valence-electron chi connectivity index (χ1n) is 5.83. The van der Waals surface area contributed by atoms with Crippen LogP contribution in [0.3, 0.4) is 0 Å². The molecule has 1 fully saturated rings. The second kappa shape index (κ2) is 6.08. The monoisotopic (exact) mass is 214 g/mol. The van der Waals surface area contributed by atoms with Gasteiger partial charge in [-0.3, -0.25) is 4.79 Å². The van der Waals surface area contributed by atoms with E-state index >= 15 is 0 Å². The second-order valence-corrected chi connectivity index (χ2v) is 4.42. The molecule has 0 heterocycles. The number of aliphatic hydroxyl groups excluding tert-OH is 1. The van der Waals surface area contributed by atoms with Gasteiger partial charge >= 0.3 is 0 Å². The number of carbonyl (C=O) groups excluding carboxylic acids is 1. The van der Waals surface area contributed by atoms with Crippen molar-refractivity contribution in [3.8, 4) is 0 Å². The predicted molar refractivity (Wildman–Crippen MR) is 59.2 cm³/mol. The molecule has 0 saturated heterocycles. The van der Waals surface area contributed by atoms with E-state index in [9.17, 15) is 9.90 Å². The fourth-order valence-corrected chi connectivity index (χ4v) is 2.08. The molecule has 0 radical (unpaired) electrons. The Morgan fingerprint density at radius 3 is 2.80 bits per heavy atom. The van der Waals surface area contributed by atoms with Crippen molar-refractivity contribution in [2.75, 3.05) is 13.1 Å². The lowest BCUT2D eigenvalue weighted by Crippen LogP contribution is -2.37. The summed E-state index contributed by atoms with van der Waals surface area (Å²) in [4.78, 5) is 11.6. The summed E-state index contributed by atoms with van der Waals surface area (Å²) in [5.74, 6) is 0.442. The van der Waals surface area contributed by atoms with Crippen molar-refractivity contribution in [2.45, 2.75) is 38.7 Å². The number of nitrogens with two attached hydrogens (primary N) is 1. The zero-order chi connectivity index (χ0) is 11.3. The molecular formula is C11H22N2O2. The number of amides is 1. The molecule has 1 aliphatic carbocycles. The van der Waals surface area contributed by atoms with E-state index in [-0.39, 0.29) is 17.9 Å². The molecule has 0 aromatic carbocycles. The topological polar surface area (TPSA) is 75.4 Å². The molecule has 0 aromatic rings. The maximum Gasteiger partial charge on any atom is 0.224 e. The molecule has 4 nitrogen and oxygen atoms in total. The number of aliphatic hydroxyl groups is 1. The minimum atomic E-state index is -0.164. The number of hydrogen-bond acceptors (Lipinski definition) is 3. The highest BCUT2D eigenvalue weighted by Crippen LogP contribution is 2.24. The maximum atomic E-state index is 11.6. The summed E-state index contributed by atoms with van der Waals surface area (Å²) in [7, 11) is 0. The van der Waals surface area contributed by atoms with Crippen LogP contribution < -0.4 is 11.1 Å². The standard InChI is InChI=1S/C11H22N2O2/c1-2-9(6-12)11(15)13-7-8-3-4-10(14)5-8/h8-10,14H,2-7,12H2,1H3,(H,13,15). The largest absolute Gasteiger partial charge is 0.393 e. The average molecular weight is 214 g/mol. The molecule has 88 valence electrons. The lowest BCUT2D eigenvalue weighted by Gasteiger charge is -2.15. The first kappa shape index (κ1) is 12.5. The van der Waals surface area contributed by atoms with Crippen molar-refractivity contribution in [2.24, 2.45) is 17.6 Å². The molecule has 1 rings (SSSR count). The van der Waals surface area contributed by atoms with Crippen molar-refractivity contribution in [1.29, 1.82) is 0 Å². The van der Waals surface area contributed by atoms with E-state index in [1.807, 2.05) is 6.92 Å². The van der Waals surface area contributed by atoms with Crippen LogP contribution in [0.15, 0.2) is 0 Å². The molecule has 3 unspecified atom stereocenters. The van der Waals surface area contributed by atoms with Gasteiger partial charge in [-0.2, -0.15) is 0 Å². The molecule has 0 aliphatic heterocycles. The molecule has 1 aliphatic rings. The maximum absolute atomic E-state index is 11.6. The Labute approximate surface area is 91.2 Å². The number of nitrogens with one attached hydrogen (secondary N) is 1. The van der Waals surface area contributed by atoms with Crippen molar-refractivity contribution in [3.05, 3.63) is 0 Å². The Balaban J connectivity index is 2.21. The van der Waals surface area contributed by atoms with Gasteiger partial charge in [0.15, 0.2) is 0 Å². The summed E-state index contributed by atoms with van der Waals surface area (Å²) < 4.78 is 0. The van der Waals surface area contributed by atoms with Gasteiger partial charge in [0.1, 0.15) is 0 Å². The third kappa shape index (κ3) is 3.80. The van der Waals surface area contributed by atoms with E-state index in [2.05, 4.69) is 5.32 Å². The Kier molecular flexibility index (Phi) is 5.05. The lowest BCUT2D eigenvalue weighted by atomic mass is 10.0. The minimum Gasteiger partial charge on any atom is -0.393 e. The van der Waals surface area contributed by atoms with Crippen molar-refractivity contribution < 1.29 is 9.90 Å². The van der Waals surface area contributed by atoms with Gasteiger partial charge in [-0.15, -0.1) is 0 Å². The van der Waals surface area contributed by atoms with Crippen LogP contribution in [0.5, 0.6) is 0 Å². The predicted octanol–water partition coefficient (Wildman–Crippen LogP) is 0.249. The van der Waals surface area contributed by atoms with Crippen LogP contribution in [0.25, 0.3) is 0 Å². The van der Waals surface area contributed by atoms with Crippen LogP contribution in [0.4, 0.5) is 0 Å². The number of hydrogen-bond donors (Lipinski definition) is 3. The molecule has 0 bridgehead atoms. The minimum absolute atomic E-state index is 0.0568. The molecule has 4 heteroatoms. The molecule has 0 aromatic heterocycles. The SMILES string of the molecule is CCC(CN)C(=O)NCC1CCC(O)C1. The number of carbonyl (C=O) groups is 1. The van der Waals surface area contributed by atoms with Crippen LogP contribution >= 0.6 is 0 Å². The Morgan fingerprint density at radius 2 is 2.33 bits per heavy atom. The lowest BCUT2D eigenvalue weighted by molar-refractivity contribution is -0.125. The summed E-state index contributed by atoms with van der Waals surface area (Å²) >= 11 is 0. The van der Waals surface area contributed by atoms with Gasteiger partial charge in [0.25, 0.3) is 0 Å². The summed E-state index contributed by atoms with van der Waals surface area (Å²) in [6, 6.07) is 0. The zero-order valence-corrected chi connectivity index (χ0v) is 9.41. The normalized spacial score (nSPS) is 27.7. The van der Waals surface area contributed by atoms with E-state index < -0.39 is 0 Å². The van der Waals surface area contributed by atoms with E-state index in [0.717, 1.165) is 25.7 Å². The summed E-state index contributed by atoms with van der Waals surface area (Å²) in [6.45, 7) is 3.07. The number of rotatable bonds is 5. The quantitative estimate of drug-likeness (QED) is 0.614. The first-order valence-corrected chi connectivity index (χ1v) is 5.83. The Hall–Kier alpha value is -0.610. The summed E-state index contributed by atoms with van der Waals surface area (Å²) in [6.07, 6.45) is 3.33. The van der Waals surface area contributed by atoms with Gasteiger partial charge in [0, 0.05) is 19.0 Å². The fourth-order valence-electron chi connectivity index (χ4n) is 2.08. The third-order valence-electron chi connectivity index (χ3n) is 3.23. The van der Waals surface area contributed by atoms with Crippen molar-refractivity contribution in [1.82, 2.24) is 5.32 Å². The molecular weight excluding hydrogens is 192 g/mol.